The van der Waals surface area contributed by atoms with E-state index in [9.17, 15) is 14.4 Å². The molecule has 0 spiro atoms. The summed E-state index contributed by atoms with van der Waals surface area (Å²) in [5.74, 6) is -0.523. The number of unbranched alkanes of at least 4 members (excludes halogenated alkanes) is 2. The molecule has 0 N–H and O–H groups in total. The Morgan fingerprint density at radius 1 is 1.33 bits per heavy atom. The lowest BCUT2D eigenvalue weighted by Crippen LogP contribution is -2.44. The fourth-order valence-corrected chi connectivity index (χ4v) is 2.92. The molecule has 0 aromatic carbocycles. The molecule has 27 heavy (non-hydrogen) atoms. The van der Waals surface area contributed by atoms with Crippen molar-refractivity contribution in [2.45, 2.75) is 78.7 Å². The molecule has 1 fully saturated rings. The van der Waals surface area contributed by atoms with Crippen LogP contribution in [0.3, 0.4) is 0 Å². The standard InChI is InChI=1S/C12H21NO2.C10H13NO/c1-5-12(3,4)10(14)11(15)13-8-6-7-9(13)2;12-8-3-1-2-5-10-6-4-7-11-9-10/h9H,5-8H2,1-4H3;4,6-9H,1-3,5H2. The van der Waals surface area contributed by atoms with Crippen molar-refractivity contribution in [2.75, 3.05) is 6.54 Å². The van der Waals surface area contributed by atoms with Gasteiger partial charge in [-0.3, -0.25) is 14.6 Å². The molecule has 1 aromatic heterocycles. The van der Waals surface area contributed by atoms with Crippen LogP contribution in [0, 0.1) is 5.41 Å². The van der Waals surface area contributed by atoms with Crippen molar-refractivity contribution < 1.29 is 14.4 Å². The molecule has 1 aliphatic rings. The summed E-state index contributed by atoms with van der Waals surface area (Å²) in [6.45, 7) is 8.38. The number of hydrogen-bond acceptors (Lipinski definition) is 4. The summed E-state index contributed by atoms with van der Waals surface area (Å²) in [6.07, 6.45) is 11.1. The molecule has 1 unspecified atom stereocenters. The van der Waals surface area contributed by atoms with E-state index in [-0.39, 0.29) is 17.7 Å². The number of likely N-dealkylation sites (tertiary alicyclic amines) is 1. The van der Waals surface area contributed by atoms with Crippen LogP contribution >= 0.6 is 0 Å². The average molecular weight is 375 g/mol. The van der Waals surface area contributed by atoms with Gasteiger partial charge in [-0.1, -0.05) is 26.8 Å². The molecule has 1 aliphatic heterocycles. The highest BCUT2D eigenvalue weighted by atomic mass is 16.2. The Morgan fingerprint density at radius 2 is 2.07 bits per heavy atom. The number of carbonyl (C=O) groups excluding carboxylic acids is 3. The molecule has 5 nitrogen and oxygen atoms in total. The summed E-state index contributed by atoms with van der Waals surface area (Å²) in [6, 6.07) is 4.23. The third-order valence-corrected chi connectivity index (χ3v) is 5.27. The van der Waals surface area contributed by atoms with Gasteiger partial charge in [0.2, 0.25) is 5.78 Å². The number of carbonyl (C=O) groups is 3. The topological polar surface area (TPSA) is 67.3 Å². The summed E-state index contributed by atoms with van der Waals surface area (Å²) in [4.78, 5) is 39.6. The number of Topliss-reactive ketones (excluding diaryl/α,β-unsaturated/α-hetero) is 1. The Kier molecular flexibility index (Phi) is 9.90. The summed E-state index contributed by atoms with van der Waals surface area (Å²) >= 11 is 0. The highest BCUT2D eigenvalue weighted by Gasteiger charge is 2.37. The normalized spacial score (nSPS) is 16.4. The van der Waals surface area contributed by atoms with Gasteiger partial charge in [-0.15, -0.1) is 0 Å². The van der Waals surface area contributed by atoms with Gasteiger partial charge in [-0.25, -0.2) is 0 Å². The minimum Gasteiger partial charge on any atom is -0.333 e. The maximum atomic E-state index is 11.9. The maximum absolute atomic E-state index is 11.9. The molecule has 2 rings (SSSR count). The van der Waals surface area contributed by atoms with E-state index in [0.29, 0.717) is 12.8 Å². The molecular weight excluding hydrogens is 340 g/mol. The highest BCUT2D eigenvalue weighted by Crippen LogP contribution is 2.25. The lowest BCUT2D eigenvalue weighted by atomic mass is 9.84. The molecule has 150 valence electrons. The number of ketones is 1. The lowest BCUT2D eigenvalue weighted by Gasteiger charge is -2.26. The van der Waals surface area contributed by atoms with Crippen LogP contribution in [0.4, 0.5) is 0 Å². The van der Waals surface area contributed by atoms with Crippen LogP contribution in [0.5, 0.6) is 0 Å². The fraction of sp³-hybridized carbons (Fsp3) is 0.636. The van der Waals surface area contributed by atoms with Gasteiger partial charge in [0.1, 0.15) is 6.29 Å². The van der Waals surface area contributed by atoms with E-state index in [2.05, 4.69) is 11.1 Å². The van der Waals surface area contributed by atoms with E-state index in [1.807, 2.05) is 40.0 Å². The van der Waals surface area contributed by atoms with E-state index in [0.717, 1.165) is 44.9 Å². The number of rotatable bonds is 8. The van der Waals surface area contributed by atoms with Gasteiger partial charge in [0.05, 0.1) is 0 Å². The predicted octanol–water partition coefficient (Wildman–Crippen LogP) is 4.00. The monoisotopic (exact) mass is 374 g/mol. The van der Waals surface area contributed by atoms with Crippen molar-refractivity contribution in [2.24, 2.45) is 5.41 Å². The van der Waals surface area contributed by atoms with E-state index in [4.69, 9.17) is 0 Å². The predicted molar refractivity (Wildman–Crippen MR) is 107 cm³/mol. The molecule has 0 saturated carbocycles. The number of pyridine rings is 1. The van der Waals surface area contributed by atoms with Gasteiger partial charge in [-0.05, 0) is 57.1 Å². The Bertz CT molecular complexity index is 599. The van der Waals surface area contributed by atoms with Gasteiger partial charge < -0.3 is 9.69 Å². The molecular formula is C22H34N2O3. The fourth-order valence-electron chi connectivity index (χ4n) is 2.92. The lowest BCUT2D eigenvalue weighted by molar-refractivity contribution is -0.149. The number of amides is 1. The van der Waals surface area contributed by atoms with Crippen LogP contribution in [-0.4, -0.2) is 40.4 Å². The SMILES string of the molecule is CCC(C)(C)C(=O)C(=O)N1CCCC1C.O=CCCCCc1cccnc1. The quantitative estimate of drug-likeness (QED) is 0.392. The summed E-state index contributed by atoms with van der Waals surface area (Å²) in [5, 5.41) is 0. The molecule has 2 heterocycles. The third-order valence-electron chi connectivity index (χ3n) is 5.27. The minimum atomic E-state index is -0.514. The van der Waals surface area contributed by atoms with Gasteiger partial charge >= 0.3 is 0 Å². The Hall–Kier alpha value is -2.04. The first kappa shape index (κ1) is 23.0. The summed E-state index contributed by atoms with van der Waals surface area (Å²) in [7, 11) is 0. The van der Waals surface area contributed by atoms with Crippen molar-refractivity contribution in [3.63, 3.8) is 0 Å². The zero-order valence-electron chi connectivity index (χ0n) is 17.2. The molecule has 0 aliphatic carbocycles. The van der Waals surface area contributed by atoms with Crippen LogP contribution < -0.4 is 0 Å². The number of aldehydes is 1. The molecule has 0 bridgehead atoms. The summed E-state index contributed by atoms with van der Waals surface area (Å²) < 4.78 is 0. The smallest absolute Gasteiger partial charge is 0.290 e. The van der Waals surface area contributed by atoms with E-state index >= 15 is 0 Å². The van der Waals surface area contributed by atoms with Crippen molar-refractivity contribution in [1.29, 1.82) is 0 Å². The number of nitrogens with zero attached hydrogens (tertiary/aromatic N) is 2. The average Bonchev–Trinajstić information content (AvgIpc) is 3.11. The second-order valence-corrected chi connectivity index (χ2v) is 7.83. The van der Waals surface area contributed by atoms with Gasteiger partial charge in [0, 0.05) is 36.8 Å². The van der Waals surface area contributed by atoms with Crippen LogP contribution in [0.25, 0.3) is 0 Å². The maximum Gasteiger partial charge on any atom is 0.290 e. The van der Waals surface area contributed by atoms with Crippen molar-refractivity contribution in [3.8, 4) is 0 Å². The van der Waals surface area contributed by atoms with Gasteiger partial charge in [0.25, 0.3) is 5.91 Å². The Morgan fingerprint density at radius 3 is 2.59 bits per heavy atom. The van der Waals surface area contributed by atoms with E-state index in [1.54, 1.807) is 11.1 Å². The zero-order chi connectivity index (χ0) is 20.3. The van der Waals surface area contributed by atoms with Crippen molar-refractivity contribution in [1.82, 2.24) is 9.88 Å². The number of aromatic nitrogens is 1. The Balaban J connectivity index is 0.000000277. The first-order valence-electron chi connectivity index (χ1n) is 10.0. The third kappa shape index (κ3) is 7.61. The largest absolute Gasteiger partial charge is 0.333 e. The number of aryl methyl sites for hydroxylation is 1. The summed E-state index contributed by atoms with van der Waals surface area (Å²) in [5.41, 5.74) is 0.739. The second-order valence-electron chi connectivity index (χ2n) is 7.83. The van der Waals surface area contributed by atoms with Crippen molar-refractivity contribution >= 4 is 18.0 Å². The van der Waals surface area contributed by atoms with Crippen LogP contribution in [-0.2, 0) is 20.8 Å². The first-order valence-corrected chi connectivity index (χ1v) is 10.0. The van der Waals surface area contributed by atoms with Crippen molar-refractivity contribution in [3.05, 3.63) is 30.1 Å². The molecule has 1 saturated heterocycles. The Labute approximate surface area is 163 Å². The van der Waals surface area contributed by atoms with Crippen LogP contribution in [0.1, 0.15) is 71.8 Å². The highest BCUT2D eigenvalue weighted by molar-refractivity contribution is 6.38. The number of hydrogen-bond donors (Lipinski definition) is 0. The molecule has 1 amide bonds. The van der Waals surface area contributed by atoms with Gasteiger partial charge in [-0.2, -0.15) is 0 Å². The first-order chi connectivity index (χ1) is 12.8. The zero-order valence-corrected chi connectivity index (χ0v) is 17.2. The second kappa shape index (κ2) is 11.6. The molecule has 1 aromatic rings. The molecule has 5 heteroatoms. The van der Waals surface area contributed by atoms with Crippen LogP contribution in [0.15, 0.2) is 24.5 Å². The van der Waals surface area contributed by atoms with E-state index in [1.165, 1.54) is 5.56 Å². The van der Waals surface area contributed by atoms with E-state index < -0.39 is 5.41 Å². The van der Waals surface area contributed by atoms with Crippen LogP contribution in [0.2, 0.25) is 0 Å². The van der Waals surface area contributed by atoms with Gasteiger partial charge in [0.15, 0.2) is 0 Å². The molecule has 1 atom stereocenters. The minimum absolute atomic E-state index is 0.231. The molecule has 0 radical (unpaired) electrons.